The topological polar surface area (TPSA) is 61.4 Å². The molecule has 1 aliphatic rings. The fourth-order valence-corrected chi connectivity index (χ4v) is 1.67. The van der Waals surface area contributed by atoms with Crippen molar-refractivity contribution < 1.29 is 9.90 Å². The molecule has 2 unspecified atom stereocenters. The first-order valence-corrected chi connectivity index (χ1v) is 5.64. The van der Waals surface area contributed by atoms with Gasteiger partial charge in [-0.05, 0) is 40.2 Å². The van der Waals surface area contributed by atoms with E-state index in [0.29, 0.717) is 12.5 Å². The average molecular weight is 214 g/mol. The van der Waals surface area contributed by atoms with Gasteiger partial charge in [-0.3, -0.25) is 4.79 Å². The first-order chi connectivity index (χ1) is 6.92. The Balaban J connectivity index is 2.34. The van der Waals surface area contributed by atoms with Crippen LogP contribution < -0.4 is 10.6 Å². The Morgan fingerprint density at radius 3 is 2.80 bits per heavy atom. The van der Waals surface area contributed by atoms with Gasteiger partial charge in [-0.25, -0.2) is 0 Å². The summed E-state index contributed by atoms with van der Waals surface area (Å²) in [4.78, 5) is 11.7. The van der Waals surface area contributed by atoms with Crippen molar-refractivity contribution in [1.82, 2.24) is 10.6 Å². The van der Waals surface area contributed by atoms with Crippen LogP contribution in [-0.2, 0) is 4.79 Å². The summed E-state index contributed by atoms with van der Waals surface area (Å²) in [5.41, 5.74) is -0.546. The lowest BCUT2D eigenvalue weighted by Crippen LogP contribution is -2.51. The third kappa shape index (κ3) is 3.80. The van der Waals surface area contributed by atoms with E-state index >= 15 is 0 Å². The van der Waals surface area contributed by atoms with Crippen molar-refractivity contribution in [3.63, 3.8) is 0 Å². The average Bonchev–Trinajstić information content (AvgIpc) is 2.54. The molecule has 1 aliphatic heterocycles. The Labute approximate surface area is 91.4 Å². The molecular formula is C11H22N2O2. The molecule has 15 heavy (non-hydrogen) atoms. The molecule has 0 radical (unpaired) electrons. The second-order valence-electron chi connectivity index (χ2n) is 4.94. The van der Waals surface area contributed by atoms with Crippen molar-refractivity contribution in [2.45, 2.75) is 57.7 Å². The number of hydrogen-bond acceptors (Lipinski definition) is 3. The highest BCUT2D eigenvalue weighted by atomic mass is 16.3. The van der Waals surface area contributed by atoms with Crippen molar-refractivity contribution in [1.29, 1.82) is 0 Å². The molecule has 4 nitrogen and oxygen atoms in total. The maximum Gasteiger partial charge on any atom is 0.222 e. The van der Waals surface area contributed by atoms with Crippen LogP contribution in [0, 0.1) is 0 Å². The molecule has 88 valence electrons. The van der Waals surface area contributed by atoms with Gasteiger partial charge in [0, 0.05) is 12.5 Å². The summed E-state index contributed by atoms with van der Waals surface area (Å²) in [7, 11) is 0. The molecule has 1 amide bonds. The normalized spacial score (nSPS) is 23.9. The molecule has 4 heteroatoms. The van der Waals surface area contributed by atoms with Crippen LogP contribution in [0.2, 0.25) is 0 Å². The van der Waals surface area contributed by atoms with Crippen molar-refractivity contribution in [3.8, 4) is 0 Å². The minimum atomic E-state index is -0.546. The lowest BCUT2D eigenvalue weighted by atomic mass is 9.98. The first kappa shape index (κ1) is 12.5. The van der Waals surface area contributed by atoms with E-state index in [-0.39, 0.29) is 5.91 Å². The molecule has 0 aliphatic carbocycles. The highest BCUT2D eigenvalue weighted by molar-refractivity contribution is 5.77. The highest BCUT2D eigenvalue weighted by Crippen LogP contribution is 2.12. The number of aliphatic hydroxyl groups excluding tert-OH is 1. The molecule has 0 aromatic carbocycles. The largest absolute Gasteiger partial charge is 0.391 e. The summed E-state index contributed by atoms with van der Waals surface area (Å²) in [5, 5.41) is 15.6. The minimum absolute atomic E-state index is 0.0142. The Kier molecular flexibility index (Phi) is 4.11. The Hall–Kier alpha value is -0.610. The van der Waals surface area contributed by atoms with Gasteiger partial charge >= 0.3 is 0 Å². The number of carbonyl (C=O) groups excluding carboxylic acids is 1. The molecule has 1 fully saturated rings. The lowest BCUT2D eigenvalue weighted by Gasteiger charge is -2.29. The fourth-order valence-electron chi connectivity index (χ4n) is 1.67. The smallest absolute Gasteiger partial charge is 0.222 e. The van der Waals surface area contributed by atoms with Crippen LogP contribution in [0.1, 0.15) is 40.0 Å². The van der Waals surface area contributed by atoms with Gasteiger partial charge in [-0.2, -0.15) is 0 Å². The van der Waals surface area contributed by atoms with Gasteiger partial charge in [0.05, 0.1) is 11.6 Å². The molecule has 2 atom stereocenters. The van der Waals surface area contributed by atoms with Crippen LogP contribution in [0.4, 0.5) is 0 Å². The summed E-state index contributed by atoms with van der Waals surface area (Å²) >= 11 is 0. The van der Waals surface area contributed by atoms with Gasteiger partial charge in [0.15, 0.2) is 0 Å². The van der Waals surface area contributed by atoms with Gasteiger partial charge in [0.2, 0.25) is 5.91 Å². The lowest BCUT2D eigenvalue weighted by molar-refractivity contribution is -0.124. The molecular weight excluding hydrogens is 192 g/mol. The number of carbonyl (C=O) groups is 1. The van der Waals surface area contributed by atoms with Crippen molar-refractivity contribution in [2.75, 3.05) is 6.54 Å². The summed E-state index contributed by atoms with van der Waals surface area (Å²) in [6.07, 6.45) is 2.19. The van der Waals surface area contributed by atoms with Gasteiger partial charge in [0.1, 0.15) is 0 Å². The van der Waals surface area contributed by atoms with E-state index < -0.39 is 11.6 Å². The zero-order valence-electron chi connectivity index (χ0n) is 9.84. The zero-order chi connectivity index (χ0) is 11.5. The van der Waals surface area contributed by atoms with E-state index in [0.717, 1.165) is 19.4 Å². The molecule has 0 aromatic heterocycles. The summed E-state index contributed by atoms with van der Waals surface area (Å²) in [6.45, 7) is 6.36. The molecule has 0 saturated carbocycles. The Bertz CT molecular complexity index is 221. The standard InChI is InChI=1S/C11H22N2O2/c1-8(14)11(2,3)13-10(15)7-9-5-4-6-12-9/h8-9,12,14H,4-7H2,1-3H3,(H,13,15). The van der Waals surface area contributed by atoms with Gasteiger partial charge < -0.3 is 15.7 Å². The molecule has 1 rings (SSSR count). The Morgan fingerprint density at radius 2 is 2.33 bits per heavy atom. The van der Waals surface area contributed by atoms with E-state index in [4.69, 9.17) is 0 Å². The van der Waals surface area contributed by atoms with Crippen LogP contribution in [-0.4, -0.2) is 35.2 Å². The molecule has 3 N–H and O–H groups in total. The Morgan fingerprint density at radius 1 is 1.67 bits per heavy atom. The van der Waals surface area contributed by atoms with Gasteiger partial charge in [-0.15, -0.1) is 0 Å². The number of aliphatic hydroxyl groups is 1. The maximum atomic E-state index is 11.7. The summed E-state index contributed by atoms with van der Waals surface area (Å²) < 4.78 is 0. The van der Waals surface area contributed by atoms with E-state index in [1.54, 1.807) is 6.92 Å². The van der Waals surface area contributed by atoms with Crippen LogP contribution in [0.25, 0.3) is 0 Å². The van der Waals surface area contributed by atoms with Crippen LogP contribution in [0.3, 0.4) is 0 Å². The monoisotopic (exact) mass is 214 g/mol. The second kappa shape index (κ2) is 4.94. The van der Waals surface area contributed by atoms with Gasteiger partial charge in [-0.1, -0.05) is 0 Å². The van der Waals surface area contributed by atoms with E-state index in [1.165, 1.54) is 0 Å². The quantitative estimate of drug-likeness (QED) is 0.635. The molecule has 1 saturated heterocycles. The van der Waals surface area contributed by atoms with Crippen molar-refractivity contribution in [2.24, 2.45) is 0 Å². The second-order valence-corrected chi connectivity index (χ2v) is 4.94. The molecule has 0 bridgehead atoms. The number of hydrogen-bond donors (Lipinski definition) is 3. The van der Waals surface area contributed by atoms with Crippen LogP contribution in [0.5, 0.6) is 0 Å². The summed E-state index contributed by atoms with van der Waals surface area (Å²) in [6, 6.07) is 0.315. The van der Waals surface area contributed by atoms with Gasteiger partial charge in [0.25, 0.3) is 0 Å². The SMILES string of the molecule is CC(O)C(C)(C)NC(=O)CC1CCCN1. The van der Waals surface area contributed by atoms with Crippen LogP contribution in [0.15, 0.2) is 0 Å². The van der Waals surface area contributed by atoms with E-state index in [9.17, 15) is 9.90 Å². The highest BCUT2D eigenvalue weighted by Gasteiger charge is 2.27. The van der Waals surface area contributed by atoms with Crippen molar-refractivity contribution >= 4 is 5.91 Å². The zero-order valence-corrected chi connectivity index (χ0v) is 9.84. The molecule has 0 aromatic rings. The van der Waals surface area contributed by atoms with Crippen LogP contribution >= 0.6 is 0 Å². The third-order valence-corrected chi connectivity index (χ3v) is 3.10. The number of rotatable bonds is 4. The first-order valence-electron chi connectivity index (χ1n) is 5.64. The third-order valence-electron chi connectivity index (χ3n) is 3.10. The molecule has 1 heterocycles. The maximum absolute atomic E-state index is 11.7. The number of nitrogens with one attached hydrogen (secondary N) is 2. The predicted molar refractivity (Wildman–Crippen MR) is 59.5 cm³/mol. The predicted octanol–water partition coefficient (Wildman–Crippen LogP) is 0.404. The fraction of sp³-hybridized carbons (Fsp3) is 0.909. The molecule has 0 spiro atoms. The summed E-state index contributed by atoms with van der Waals surface area (Å²) in [5.74, 6) is 0.0142. The van der Waals surface area contributed by atoms with E-state index in [1.807, 2.05) is 13.8 Å². The minimum Gasteiger partial charge on any atom is -0.391 e. The number of amides is 1. The van der Waals surface area contributed by atoms with E-state index in [2.05, 4.69) is 10.6 Å². The van der Waals surface area contributed by atoms with Crippen molar-refractivity contribution in [3.05, 3.63) is 0 Å².